The highest BCUT2D eigenvalue weighted by Crippen LogP contribution is 2.35. The molecule has 2 aliphatic heterocycles. The molecule has 116 valence electrons. The van der Waals surface area contributed by atoms with E-state index in [-0.39, 0.29) is 0 Å². The van der Waals surface area contributed by atoms with Gasteiger partial charge in [0.2, 0.25) is 0 Å². The largest absolute Gasteiger partial charge is 0.378 e. The highest BCUT2D eigenvalue weighted by molar-refractivity contribution is 7.13. The first-order chi connectivity index (χ1) is 10.4. The van der Waals surface area contributed by atoms with Crippen molar-refractivity contribution in [1.29, 1.82) is 0 Å². The Labute approximate surface area is 130 Å². The number of nitrogens with one attached hydrogen (secondary N) is 1. The summed E-state index contributed by atoms with van der Waals surface area (Å²) in [6.07, 6.45) is 10.2. The summed E-state index contributed by atoms with van der Waals surface area (Å²) in [5, 5.41) is 7.23. The molecule has 0 radical (unpaired) electrons. The van der Waals surface area contributed by atoms with Crippen molar-refractivity contribution in [3.63, 3.8) is 0 Å². The number of hydrogen-bond acceptors (Lipinski definition) is 5. The minimum atomic E-state index is 0.548. The Morgan fingerprint density at radius 1 is 1.19 bits per heavy atom. The first kappa shape index (κ1) is 14.0. The van der Waals surface area contributed by atoms with Crippen LogP contribution in [0.15, 0.2) is 11.6 Å². The standard InChI is InChI=1S/C16H25N3OS/c1-2-14(13-6-10-20-15(13)3-1)18-12-4-8-19(9-5-12)16-17-7-11-21-16/h7,11-15,18H,1-6,8-10H2/t13-,14-,15+/m1/s1. The molecular weight excluding hydrogens is 282 g/mol. The lowest BCUT2D eigenvalue weighted by molar-refractivity contribution is 0.0504. The first-order valence-corrected chi connectivity index (χ1v) is 9.30. The third kappa shape index (κ3) is 2.96. The average Bonchev–Trinajstić information content (AvgIpc) is 3.20. The van der Waals surface area contributed by atoms with Gasteiger partial charge in [0.15, 0.2) is 5.13 Å². The van der Waals surface area contributed by atoms with Crippen molar-refractivity contribution in [2.24, 2.45) is 5.92 Å². The third-order valence-electron chi connectivity index (χ3n) is 5.42. The number of nitrogens with zero attached hydrogens (tertiary/aromatic N) is 2. The number of fused-ring (bicyclic) bond motifs is 1. The minimum absolute atomic E-state index is 0.548. The fraction of sp³-hybridized carbons (Fsp3) is 0.812. The quantitative estimate of drug-likeness (QED) is 0.931. The topological polar surface area (TPSA) is 37.4 Å². The smallest absolute Gasteiger partial charge is 0.185 e. The van der Waals surface area contributed by atoms with Crippen LogP contribution in [0.25, 0.3) is 0 Å². The maximum atomic E-state index is 5.89. The number of rotatable bonds is 3. The van der Waals surface area contributed by atoms with Gasteiger partial charge < -0.3 is 15.0 Å². The SMILES string of the molecule is c1csc(N2CCC(N[C@@H]3CCC[C@@H]4OCC[C@@H]43)CC2)n1. The Bertz CT molecular complexity index is 444. The van der Waals surface area contributed by atoms with Crippen LogP contribution in [-0.4, -0.2) is 42.9 Å². The molecule has 2 saturated heterocycles. The van der Waals surface area contributed by atoms with Gasteiger partial charge in [-0.05, 0) is 38.5 Å². The molecule has 21 heavy (non-hydrogen) atoms. The fourth-order valence-corrected chi connectivity index (χ4v) is 4.99. The normalized spacial score (nSPS) is 34.1. The zero-order chi connectivity index (χ0) is 14.1. The molecule has 1 aliphatic carbocycles. The van der Waals surface area contributed by atoms with Crippen molar-refractivity contribution in [2.45, 2.75) is 56.7 Å². The van der Waals surface area contributed by atoms with Gasteiger partial charge in [-0.3, -0.25) is 0 Å². The molecule has 4 rings (SSSR count). The lowest BCUT2D eigenvalue weighted by atomic mass is 9.81. The van der Waals surface area contributed by atoms with Gasteiger partial charge in [-0.2, -0.15) is 0 Å². The van der Waals surface area contributed by atoms with E-state index in [0.29, 0.717) is 18.2 Å². The zero-order valence-electron chi connectivity index (χ0n) is 12.5. The van der Waals surface area contributed by atoms with E-state index in [9.17, 15) is 0 Å². The zero-order valence-corrected chi connectivity index (χ0v) is 13.4. The van der Waals surface area contributed by atoms with Crippen LogP contribution in [-0.2, 0) is 4.74 Å². The summed E-state index contributed by atoms with van der Waals surface area (Å²) in [6.45, 7) is 3.26. The molecule has 0 unspecified atom stereocenters. The van der Waals surface area contributed by atoms with Gasteiger partial charge >= 0.3 is 0 Å². The van der Waals surface area contributed by atoms with E-state index >= 15 is 0 Å². The molecule has 1 saturated carbocycles. The molecule has 0 bridgehead atoms. The van der Waals surface area contributed by atoms with Crippen LogP contribution in [0.4, 0.5) is 5.13 Å². The molecule has 3 atom stereocenters. The summed E-state index contributed by atoms with van der Waals surface area (Å²) >= 11 is 1.76. The lowest BCUT2D eigenvalue weighted by Gasteiger charge is -2.39. The number of anilines is 1. The highest BCUT2D eigenvalue weighted by Gasteiger charge is 2.38. The Morgan fingerprint density at radius 2 is 2.10 bits per heavy atom. The first-order valence-electron chi connectivity index (χ1n) is 8.42. The van der Waals surface area contributed by atoms with Gasteiger partial charge in [0.05, 0.1) is 6.10 Å². The molecule has 5 heteroatoms. The number of ether oxygens (including phenoxy) is 1. The molecule has 0 amide bonds. The molecule has 3 aliphatic rings. The monoisotopic (exact) mass is 307 g/mol. The van der Waals surface area contributed by atoms with Crippen LogP contribution in [0.2, 0.25) is 0 Å². The minimum Gasteiger partial charge on any atom is -0.378 e. The second-order valence-electron chi connectivity index (χ2n) is 6.64. The average molecular weight is 307 g/mol. The van der Waals surface area contributed by atoms with Crippen LogP contribution in [0, 0.1) is 5.92 Å². The maximum Gasteiger partial charge on any atom is 0.185 e. The van der Waals surface area contributed by atoms with Crippen LogP contribution in [0.3, 0.4) is 0 Å². The van der Waals surface area contributed by atoms with E-state index in [0.717, 1.165) is 25.6 Å². The molecule has 1 N–H and O–H groups in total. The summed E-state index contributed by atoms with van der Waals surface area (Å²) < 4.78 is 5.89. The third-order valence-corrected chi connectivity index (χ3v) is 6.25. The number of aromatic nitrogens is 1. The Kier molecular flexibility index (Phi) is 4.14. The summed E-state index contributed by atoms with van der Waals surface area (Å²) in [5.74, 6) is 0.774. The predicted molar refractivity (Wildman–Crippen MR) is 86.0 cm³/mol. The Morgan fingerprint density at radius 3 is 2.90 bits per heavy atom. The fourth-order valence-electron chi connectivity index (χ4n) is 4.29. The second-order valence-corrected chi connectivity index (χ2v) is 7.51. The number of piperidine rings is 1. The van der Waals surface area contributed by atoms with E-state index in [1.54, 1.807) is 11.3 Å². The molecule has 1 aromatic heterocycles. The van der Waals surface area contributed by atoms with E-state index in [2.05, 4.69) is 20.6 Å². The molecule has 0 spiro atoms. The van der Waals surface area contributed by atoms with Gasteiger partial charge in [0.1, 0.15) is 0 Å². The van der Waals surface area contributed by atoms with Crippen LogP contribution in [0.5, 0.6) is 0 Å². The van der Waals surface area contributed by atoms with E-state index in [1.165, 1.54) is 43.7 Å². The van der Waals surface area contributed by atoms with Crippen molar-refractivity contribution in [3.8, 4) is 0 Å². The molecule has 0 aromatic carbocycles. The van der Waals surface area contributed by atoms with Crippen LogP contribution >= 0.6 is 11.3 Å². The van der Waals surface area contributed by atoms with Crippen LogP contribution < -0.4 is 10.2 Å². The van der Waals surface area contributed by atoms with Gasteiger partial charge in [0.25, 0.3) is 0 Å². The van der Waals surface area contributed by atoms with E-state index in [1.807, 2.05) is 6.20 Å². The molecule has 1 aromatic rings. The van der Waals surface area contributed by atoms with Crippen molar-refractivity contribution in [1.82, 2.24) is 10.3 Å². The predicted octanol–water partition coefficient (Wildman–Crippen LogP) is 2.66. The van der Waals surface area contributed by atoms with Gasteiger partial charge in [0, 0.05) is 49.3 Å². The van der Waals surface area contributed by atoms with Crippen molar-refractivity contribution in [2.75, 3.05) is 24.6 Å². The maximum absolute atomic E-state index is 5.89. The summed E-state index contributed by atoms with van der Waals surface area (Å²) in [7, 11) is 0. The number of thiazole rings is 1. The lowest BCUT2D eigenvalue weighted by Crippen LogP contribution is -2.51. The summed E-state index contributed by atoms with van der Waals surface area (Å²) in [5.41, 5.74) is 0. The van der Waals surface area contributed by atoms with Crippen molar-refractivity contribution in [3.05, 3.63) is 11.6 Å². The summed E-state index contributed by atoms with van der Waals surface area (Å²) in [6, 6.07) is 1.38. The Hall–Kier alpha value is -0.650. The summed E-state index contributed by atoms with van der Waals surface area (Å²) in [4.78, 5) is 6.87. The van der Waals surface area contributed by atoms with E-state index in [4.69, 9.17) is 4.74 Å². The highest BCUT2D eigenvalue weighted by atomic mass is 32.1. The van der Waals surface area contributed by atoms with E-state index < -0.39 is 0 Å². The molecule has 4 nitrogen and oxygen atoms in total. The van der Waals surface area contributed by atoms with Gasteiger partial charge in [-0.1, -0.05) is 0 Å². The second kappa shape index (κ2) is 6.23. The van der Waals surface area contributed by atoms with Crippen molar-refractivity contribution >= 4 is 16.5 Å². The Balaban J connectivity index is 1.30. The molecular formula is C16H25N3OS. The van der Waals surface area contributed by atoms with Gasteiger partial charge in [-0.25, -0.2) is 4.98 Å². The van der Waals surface area contributed by atoms with Crippen LogP contribution in [0.1, 0.15) is 38.5 Å². The van der Waals surface area contributed by atoms with Gasteiger partial charge in [-0.15, -0.1) is 11.3 Å². The molecule has 3 fully saturated rings. The number of hydrogen-bond donors (Lipinski definition) is 1. The molecule has 3 heterocycles. The van der Waals surface area contributed by atoms with Crippen molar-refractivity contribution < 1.29 is 4.74 Å².